The largest absolute Gasteiger partial charge is 0.503 e. The van der Waals surface area contributed by atoms with E-state index in [2.05, 4.69) is 0 Å². The molecule has 0 heterocycles. The highest BCUT2D eigenvalue weighted by Gasteiger charge is 2.26. The maximum absolute atomic E-state index is 12.9. The molecule has 0 aliphatic rings. The summed E-state index contributed by atoms with van der Waals surface area (Å²) in [7, 11) is 0. The Morgan fingerprint density at radius 1 is 1.00 bits per heavy atom. The molecule has 3 N–H and O–H groups in total. The summed E-state index contributed by atoms with van der Waals surface area (Å²) in [6.45, 7) is 1.16. The lowest BCUT2D eigenvalue weighted by Crippen LogP contribution is -2.13. The lowest BCUT2D eigenvalue weighted by molar-refractivity contribution is 0.348. The second-order valence-corrected chi connectivity index (χ2v) is 2.81. The number of phenolic OH excluding ortho intramolecular Hbond substituents is 1. The van der Waals surface area contributed by atoms with Gasteiger partial charge in [0.2, 0.25) is 11.6 Å². The average Bonchev–Trinajstić information content (AvgIpc) is 2.11. The van der Waals surface area contributed by atoms with E-state index >= 15 is 0 Å². The van der Waals surface area contributed by atoms with Gasteiger partial charge in [-0.1, -0.05) is 0 Å². The summed E-state index contributed by atoms with van der Waals surface area (Å²) >= 11 is 0. The molecule has 0 saturated heterocycles. The van der Waals surface area contributed by atoms with Crippen LogP contribution >= 0.6 is 0 Å². The molecule has 1 aromatic rings. The molecule has 78 valence electrons. The zero-order valence-corrected chi connectivity index (χ0v) is 7.11. The van der Waals surface area contributed by atoms with Gasteiger partial charge in [0.05, 0.1) is 0 Å². The Labute approximate surface area is 77.0 Å². The van der Waals surface area contributed by atoms with E-state index in [0.717, 1.165) is 6.92 Å². The van der Waals surface area contributed by atoms with Crippen molar-refractivity contribution in [3.05, 3.63) is 28.8 Å². The molecule has 0 aromatic heterocycles. The molecular formula is C8H7F4NO. The smallest absolute Gasteiger partial charge is 0.204 e. The van der Waals surface area contributed by atoms with Gasteiger partial charge in [-0.25, -0.2) is 8.78 Å². The summed E-state index contributed by atoms with van der Waals surface area (Å²) in [6.07, 6.45) is 0. The Morgan fingerprint density at radius 3 is 1.64 bits per heavy atom. The van der Waals surface area contributed by atoms with Gasteiger partial charge in [0, 0.05) is 11.6 Å². The molecule has 0 fully saturated rings. The van der Waals surface area contributed by atoms with Gasteiger partial charge in [0.15, 0.2) is 17.4 Å². The van der Waals surface area contributed by atoms with Crippen molar-refractivity contribution in [3.63, 3.8) is 0 Å². The SMILES string of the molecule is C[C@@H](N)c1c(F)c(F)c(O)c(F)c1F. The maximum atomic E-state index is 12.9. The normalized spacial score (nSPS) is 13.0. The first kappa shape index (κ1) is 10.8. The third-order valence-corrected chi connectivity index (χ3v) is 1.73. The molecule has 0 saturated carbocycles. The molecule has 1 aromatic carbocycles. The van der Waals surface area contributed by atoms with Crippen molar-refractivity contribution in [2.24, 2.45) is 5.73 Å². The molecule has 14 heavy (non-hydrogen) atoms. The zero-order valence-electron chi connectivity index (χ0n) is 7.11. The quantitative estimate of drug-likeness (QED) is 0.548. The van der Waals surface area contributed by atoms with Crippen LogP contribution in [0.5, 0.6) is 5.75 Å². The van der Waals surface area contributed by atoms with Gasteiger partial charge in [0.1, 0.15) is 0 Å². The predicted molar refractivity (Wildman–Crippen MR) is 40.5 cm³/mol. The van der Waals surface area contributed by atoms with Gasteiger partial charge < -0.3 is 10.8 Å². The van der Waals surface area contributed by atoms with Crippen LogP contribution in [-0.4, -0.2) is 5.11 Å². The second-order valence-electron chi connectivity index (χ2n) is 2.81. The van der Waals surface area contributed by atoms with Gasteiger partial charge in [-0.2, -0.15) is 8.78 Å². The lowest BCUT2D eigenvalue weighted by atomic mass is 10.1. The number of halogens is 4. The molecule has 1 rings (SSSR count). The van der Waals surface area contributed by atoms with E-state index in [1.807, 2.05) is 0 Å². The molecular weight excluding hydrogens is 202 g/mol. The Morgan fingerprint density at radius 2 is 1.36 bits per heavy atom. The number of rotatable bonds is 1. The van der Waals surface area contributed by atoms with Crippen molar-refractivity contribution in [1.82, 2.24) is 0 Å². The minimum atomic E-state index is -1.84. The summed E-state index contributed by atoms with van der Waals surface area (Å²) in [6, 6.07) is -1.21. The standard InChI is InChI=1S/C8H7F4NO/c1-2(13)3-4(9)6(11)8(14)7(12)5(3)10/h2,14H,13H2,1H3/t2-/m1/s1. The van der Waals surface area contributed by atoms with E-state index in [4.69, 9.17) is 10.8 Å². The Kier molecular flexibility index (Phi) is 2.66. The lowest BCUT2D eigenvalue weighted by Gasteiger charge is -2.10. The molecule has 2 nitrogen and oxygen atoms in total. The van der Waals surface area contributed by atoms with Crippen LogP contribution in [0.1, 0.15) is 18.5 Å². The van der Waals surface area contributed by atoms with Crippen LogP contribution in [0.25, 0.3) is 0 Å². The first-order valence-corrected chi connectivity index (χ1v) is 3.68. The van der Waals surface area contributed by atoms with Crippen molar-refractivity contribution in [1.29, 1.82) is 0 Å². The fourth-order valence-corrected chi connectivity index (χ4v) is 1.04. The molecule has 1 atom stereocenters. The summed E-state index contributed by atoms with van der Waals surface area (Å²) in [5.41, 5.74) is 4.19. The molecule has 0 aliphatic carbocycles. The molecule has 0 spiro atoms. The van der Waals surface area contributed by atoms with Crippen molar-refractivity contribution in [2.75, 3.05) is 0 Å². The Hall–Kier alpha value is -1.30. The van der Waals surface area contributed by atoms with Crippen LogP contribution in [0.15, 0.2) is 0 Å². The van der Waals surface area contributed by atoms with Gasteiger partial charge in [0.25, 0.3) is 0 Å². The van der Waals surface area contributed by atoms with E-state index in [0.29, 0.717) is 0 Å². The Bertz CT molecular complexity index is 349. The Balaban J connectivity index is 3.60. The summed E-state index contributed by atoms with van der Waals surface area (Å²) in [5.74, 6) is -8.69. The number of benzene rings is 1. The first-order valence-electron chi connectivity index (χ1n) is 3.68. The summed E-state index contributed by atoms with van der Waals surface area (Å²) < 4.78 is 51.3. The maximum Gasteiger partial charge on any atom is 0.204 e. The van der Waals surface area contributed by atoms with Crippen molar-refractivity contribution < 1.29 is 22.7 Å². The number of aromatic hydroxyl groups is 1. The second kappa shape index (κ2) is 3.45. The van der Waals surface area contributed by atoms with Gasteiger partial charge in [-0.3, -0.25) is 0 Å². The molecule has 6 heteroatoms. The fourth-order valence-electron chi connectivity index (χ4n) is 1.04. The van der Waals surface area contributed by atoms with Crippen LogP contribution < -0.4 is 5.73 Å². The monoisotopic (exact) mass is 209 g/mol. The highest BCUT2D eigenvalue weighted by molar-refractivity contribution is 5.34. The van der Waals surface area contributed by atoms with E-state index in [1.165, 1.54) is 0 Å². The molecule has 0 bridgehead atoms. The predicted octanol–water partition coefficient (Wildman–Crippen LogP) is 1.97. The van der Waals surface area contributed by atoms with Crippen LogP contribution in [0.3, 0.4) is 0 Å². The van der Waals surface area contributed by atoms with Crippen LogP contribution in [-0.2, 0) is 0 Å². The molecule has 0 amide bonds. The van der Waals surface area contributed by atoms with Crippen LogP contribution in [0.2, 0.25) is 0 Å². The van der Waals surface area contributed by atoms with Crippen LogP contribution in [0.4, 0.5) is 17.6 Å². The van der Waals surface area contributed by atoms with Crippen molar-refractivity contribution >= 4 is 0 Å². The number of nitrogens with two attached hydrogens (primary N) is 1. The first-order chi connectivity index (χ1) is 6.37. The van der Waals surface area contributed by atoms with E-state index in [9.17, 15) is 17.6 Å². The summed E-state index contributed by atoms with van der Waals surface area (Å²) in [4.78, 5) is 0. The molecule has 0 aliphatic heterocycles. The van der Waals surface area contributed by atoms with Gasteiger partial charge in [-0.15, -0.1) is 0 Å². The number of hydrogen-bond acceptors (Lipinski definition) is 2. The summed E-state index contributed by atoms with van der Waals surface area (Å²) in [5, 5.41) is 8.60. The van der Waals surface area contributed by atoms with Crippen LogP contribution in [0, 0.1) is 23.3 Å². The minimum absolute atomic E-state index is 0.919. The minimum Gasteiger partial charge on any atom is -0.503 e. The third-order valence-electron chi connectivity index (χ3n) is 1.73. The van der Waals surface area contributed by atoms with E-state index < -0.39 is 40.6 Å². The molecule has 0 unspecified atom stereocenters. The van der Waals surface area contributed by atoms with Gasteiger partial charge >= 0.3 is 0 Å². The van der Waals surface area contributed by atoms with Crippen molar-refractivity contribution in [3.8, 4) is 5.75 Å². The van der Waals surface area contributed by atoms with Gasteiger partial charge in [-0.05, 0) is 6.92 Å². The van der Waals surface area contributed by atoms with E-state index in [-0.39, 0.29) is 0 Å². The number of phenols is 1. The third kappa shape index (κ3) is 1.41. The van der Waals surface area contributed by atoms with E-state index in [1.54, 1.807) is 0 Å². The molecule has 0 radical (unpaired) electrons. The fraction of sp³-hybridized carbons (Fsp3) is 0.250. The highest BCUT2D eigenvalue weighted by atomic mass is 19.2. The highest BCUT2D eigenvalue weighted by Crippen LogP contribution is 2.31. The number of hydrogen-bond donors (Lipinski definition) is 2. The average molecular weight is 209 g/mol. The zero-order chi connectivity index (χ0) is 11.0. The van der Waals surface area contributed by atoms with Crippen molar-refractivity contribution in [2.45, 2.75) is 13.0 Å². The topological polar surface area (TPSA) is 46.2 Å².